The highest BCUT2D eigenvalue weighted by atomic mass is 16.5. The Morgan fingerprint density at radius 2 is 2.24 bits per heavy atom. The standard InChI is InChI=1S/C13H17N3O/c1-3-17-12-6-4-5-10(8-12)7-11-9-15-16(2)13(11)14/h4-6,8-9H,3,7,14H2,1-2H3. The average molecular weight is 231 g/mol. The lowest BCUT2D eigenvalue weighted by atomic mass is 10.1. The van der Waals surface area contributed by atoms with E-state index in [4.69, 9.17) is 10.5 Å². The van der Waals surface area contributed by atoms with E-state index in [1.165, 1.54) is 5.56 Å². The fourth-order valence-electron chi connectivity index (χ4n) is 1.76. The largest absolute Gasteiger partial charge is 0.494 e. The lowest BCUT2D eigenvalue weighted by Gasteiger charge is -2.05. The Kier molecular flexibility index (Phi) is 3.32. The van der Waals surface area contributed by atoms with Gasteiger partial charge in [0.25, 0.3) is 0 Å². The highest BCUT2D eigenvalue weighted by Gasteiger charge is 2.06. The Morgan fingerprint density at radius 1 is 1.41 bits per heavy atom. The number of anilines is 1. The highest BCUT2D eigenvalue weighted by Crippen LogP contribution is 2.19. The topological polar surface area (TPSA) is 53.1 Å². The van der Waals surface area contributed by atoms with Crippen LogP contribution < -0.4 is 10.5 Å². The molecule has 0 bridgehead atoms. The van der Waals surface area contributed by atoms with Gasteiger partial charge in [0.2, 0.25) is 0 Å². The first-order valence-electron chi connectivity index (χ1n) is 5.68. The smallest absolute Gasteiger partial charge is 0.124 e. The Bertz CT molecular complexity index is 505. The van der Waals surface area contributed by atoms with Gasteiger partial charge in [-0.2, -0.15) is 5.10 Å². The van der Waals surface area contributed by atoms with E-state index in [9.17, 15) is 0 Å². The lowest BCUT2D eigenvalue weighted by molar-refractivity contribution is 0.340. The first kappa shape index (κ1) is 11.5. The predicted octanol–water partition coefficient (Wildman–Crippen LogP) is 1.99. The summed E-state index contributed by atoms with van der Waals surface area (Å²) < 4.78 is 7.15. The van der Waals surface area contributed by atoms with Crippen LogP contribution in [-0.4, -0.2) is 16.4 Å². The fraction of sp³-hybridized carbons (Fsp3) is 0.308. The minimum atomic E-state index is 0.679. The highest BCUT2D eigenvalue weighted by molar-refractivity contribution is 5.42. The summed E-state index contributed by atoms with van der Waals surface area (Å²) in [7, 11) is 1.84. The average Bonchev–Trinajstić information content (AvgIpc) is 2.62. The summed E-state index contributed by atoms with van der Waals surface area (Å²) >= 11 is 0. The molecule has 0 aliphatic heterocycles. The molecule has 17 heavy (non-hydrogen) atoms. The first-order chi connectivity index (χ1) is 8.20. The van der Waals surface area contributed by atoms with Gasteiger partial charge in [0.05, 0.1) is 12.8 Å². The van der Waals surface area contributed by atoms with E-state index >= 15 is 0 Å². The van der Waals surface area contributed by atoms with Gasteiger partial charge >= 0.3 is 0 Å². The number of nitrogens with zero attached hydrogens (tertiary/aromatic N) is 2. The third-order valence-electron chi connectivity index (χ3n) is 2.67. The molecule has 0 amide bonds. The van der Waals surface area contributed by atoms with Gasteiger partial charge < -0.3 is 10.5 Å². The van der Waals surface area contributed by atoms with Gasteiger partial charge in [-0.25, -0.2) is 0 Å². The monoisotopic (exact) mass is 231 g/mol. The molecule has 0 atom stereocenters. The zero-order chi connectivity index (χ0) is 12.3. The van der Waals surface area contributed by atoms with E-state index in [1.54, 1.807) is 4.68 Å². The molecule has 2 N–H and O–H groups in total. The van der Waals surface area contributed by atoms with Gasteiger partial charge in [-0.15, -0.1) is 0 Å². The molecule has 90 valence electrons. The van der Waals surface area contributed by atoms with E-state index < -0.39 is 0 Å². The summed E-state index contributed by atoms with van der Waals surface area (Å²) in [6.07, 6.45) is 2.59. The van der Waals surface area contributed by atoms with Crippen molar-refractivity contribution in [1.82, 2.24) is 9.78 Å². The summed E-state index contributed by atoms with van der Waals surface area (Å²) in [5.74, 6) is 1.61. The summed E-state index contributed by atoms with van der Waals surface area (Å²) in [6.45, 7) is 2.66. The van der Waals surface area contributed by atoms with Crippen LogP contribution in [0.3, 0.4) is 0 Å². The number of ether oxygens (including phenoxy) is 1. The second kappa shape index (κ2) is 4.91. The van der Waals surface area contributed by atoms with Crippen LogP contribution in [-0.2, 0) is 13.5 Å². The van der Waals surface area contributed by atoms with Crippen LogP contribution in [0.4, 0.5) is 5.82 Å². The van der Waals surface area contributed by atoms with E-state index in [2.05, 4.69) is 11.2 Å². The molecule has 4 heteroatoms. The van der Waals surface area contributed by atoms with Crippen molar-refractivity contribution in [3.63, 3.8) is 0 Å². The number of aromatic nitrogens is 2. The van der Waals surface area contributed by atoms with Gasteiger partial charge in [0, 0.05) is 19.0 Å². The molecule has 0 aliphatic rings. The second-order valence-electron chi connectivity index (χ2n) is 3.94. The summed E-state index contributed by atoms with van der Waals surface area (Å²) in [4.78, 5) is 0. The zero-order valence-electron chi connectivity index (χ0n) is 10.2. The molecule has 0 aliphatic carbocycles. The van der Waals surface area contributed by atoms with Gasteiger partial charge in [-0.3, -0.25) is 4.68 Å². The molecule has 1 aromatic heterocycles. The lowest BCUT2D eigenvalue weighted by Crippen LogP contribution is -2.00. The SMILES string of the molecule is CCOc1cccc(Cc2cnn(C)c2N)c1. The van der Waals surface area contributed by atoms with Crippen LogP contribution in [0.1, 0.15) is 18.1 Å². The van der Waals surface area contributed by atoms with Gasteiger partial charge in [-0.1, -0.05) is 12.1 Å². The molecule has 0 saturated carbocycles. The van der Waals surface area contributed by atoms with Crippen molar-refractivity contribution in [2.75, 3.05) is 12.3 Å². The van der Waals surface area contributed by atoms with Gasteiger partial charge in [0.1, 0.15) is 11.6 Å². The fourth-order valence-corrected chi connectivity index (χ4v) is 1.76. The normalized spacial score (nSPS) is 10.5. The van der Waals surface area contributed by atoms with Crippen molar-refractivity contribution in [2.24, 2.45) is 7.05 Å². The molecule has 0 saturated heterocycles. The minimum Gasteiger partial charge on any atom is -0.494 e. The number of hydrogen-bond donors (Lipinski definition) is 1. The molecular weight excluding hydrogens is 214 g/mol. The van der Waals surface area contributed by atoms with E-state index in [-0.39, 0.29) is 0 Å². The molecule has 1 aromatic carbocycles. The molecular formula is C13H17N3O. The molecule has 2 aromatic rings. The Morgan fingerprint density at radius 3 is 2.88 bits per heavy atom. The van der Waals surface area contributed by atoms with Crippen molar-refractivity contribution in [1.29, 1.82) is 0 Å². The first-order valence-corrected chi connectivity index (χ1v) is 5.68. The van der Waals surface area contributed by atoms with Crippen molar-refractivity contribution in [2.45, 2.75) is 13.3 Å². The quantitative estimate of drug-likeness (QED) is 0.875. The zero-order valence-corrected chi connectivity index (χ0v) is 10.2. The number of benzene rings is 1. The second-order valence-corrected chi connectivity index (χ2v) is 3.94. The maximum absolute atomic E-state index is 5.92. The summed E-state index contributed by atoms with van der Waals surface area (Å²) in [6, 6.07) is 8.05. The minimum absolute atomic E-state index is 0.679. The molecule has 2 rings (SSSR count). The number of rotatable bonds is 4. The number of aryl methyl sites for hydroxylation is 1. The van der Waals surface area contributed by atoms with Crippen LogP contribution in [0, 0.1) is 0 Å². The van der Waals surface area contributed by atoms with Crippen molar-refractivity contribution < 1.29 is 4.74 Å². The molecule has 0 radical (unpaired) electrons. The molecule has 0 fully saturated rings. The van der Waals surface area contributed by atoms with Crippen molar-refractivity contribution in [3.05, 3.63) is 41.6 Å². The maximum atomic E-state index is 5.92. The van der Waals surface area contributed by atoms with Crippen molar-refractivity contribution >= 4 is 5.82 Å². The van der Waals surface area contributed by atoms with Gasteiger partial charge in [0.15, 0.2) is 0 Å². The molecule has 1 heterocycles. The molecule has 0 spiro atoms. The maximum Gasteiger partial charge on any atom is 0.124 e. The summed E-state index contributed by atoms with van der Waals surface area (Å²) in [5.41, 5.74) is 8.14. The molecule has 0 unspecified atom stereocenters. The van der Waals surface area contributed by atoms with E-state index in [0.29, 0.717) is 12.4 Å². The Labute approximate surface area is 101 Å². The van der Waals surface area contributed by atoms with E-state index in [0.717, 1.165) is 17.7 Å². The third kappa shape index (κ3) is 2.58. The van der Waals surface area contributed by atoms with Crippen LogP contribution in [0.2, 0.25) is 0 Å². The van der Waals surface area contributed by atoms with Gasteiger partial charge in [-0.05, 0) is 24.6 Å². The molecule has 4 nitrogen and oxygen atoms in total. The van der Waals surface area contributed by atoms with Crippen LogP contribution in [0.5, 0.6) is 5.75 Å². The Balaban J connectivity index is 2.18. The third-order valence-corrected chi connectivity index (χ3v) is 2.67. The number of nitrogen functional groups attached to an aromatic ring is 1. The number of hydrogen-bond acceptors (Lipinski definition) is 3. The van der Waals surface area contributed by atoms with Crippen molar-refractivity contribution in [3.8, 4) is 5.75 Å². The number of nitrogens with two attached hydrogens (primary N) is 1. The summed E-state index contributed by atoms with van der Waals surface area (Å²) in [5, 5.41) is 4.13. The van der Waals surface area contributed by atoms with Crippen LogP contribution in [0.25, 0.3) is 0 Å². The predicted molar refractivity (Wildman–Crippen MR) is 68.0 cm³/mol. The van der Waals surface area contributed by atoms with E-state index in [1.807, 2.05) is 38.4 Å². The van der Waals surface area contributed by atoms with Crippen LogP contribution >= 0.6 is 0 Å². The van der Waals surface area contributed by atoms with Crippen LogP contribution in [0.15, 0.2) is 30.5 Å². The Hall–Kier alpha value is -1.97.